The zero-order valence-electron chi connectivity index (χ0n) is 25.9. The zero-order chi connectivity index (χ0) is 27.2. The van der Waals surface area contributed by atoms with Gasteiger partial charge in [-0.3, -0.25) is 0 Å². The summed E-state index contributed by atoms with van der Waals surface area (Å²) in [5.41, 5.74) is 0. The Morgan fingerprint density at radius 1 is 0.405 bits per heavy atom. The van der Waals surface area contributed by atoms with Gasteiger partial charge in [0.1, 0.15) is 0 Å². The molecule has 0 atom stereocenters. The maximum absolute atomic E-state index is 6.02. The van der Waals surface area contributed by atoms with Crippen molar-refractivity contribution in [2.45, 2.75) is 163 Å². The van der Waals surface area contributed by atoms with E-state index in [2.05, 4.69) is 34.6 Å². The van der Waals surface area contributed by atoms with Gasteiger partial charge in [-0.1, -0.05) is 144 Å². The molecule has 0 aromatic carbocycles. The van der Waals surface area contributed by atoms with Gasteiger partial charge >= 0.3 is 8.60 Å². The highest BCUT2D eigenvalue weighted by Crippen LogP contribution is 2.40. The van der Waals surface area contributed by atoms with Gasteiger partial charge < -0.3 is 18.3 Å². The number of hydrogen-bond donors (Lipinski definition) is 0. The molecular weight excluding hydrogens is 479 g/mol. The van der Waals surface area contributed by atoms with Crippen LogP contribution in [0.5, 0.6) is 0 Å². The molecule has 0 aromatic heterocycles. The molecule has 0 spiro atoms. The van der Waals surface area contributed by atoms with Crippen molar-refractivity contribution in [1.29, 1.82) is 0 Å². The summed E-state index contributed by atoms with van der Waals surface area (Å²) in [5, 5.41) is 0. The fourth-order valence-corrected chi connectivity index (χ4v) is 5.34. The lowest BCUT2D eigenvalue weighted by molar-refractivity contribution is 0.0807. The number of ether oxygens (including phenoxy) is 1. The van der Waals surface area contributed by atoms with Gasteiger partial charge in [0, 0.05) is 6.61 Å². The lowest BCUT2D eigenvalue weighted by Gasteiger charge is -2.17. The van der Waals surface area contributed by atoms with Crippen LogP contribution in [0.1, 0.15) is 163 Å². The standard InChI is InChI=1S/C32H67O4P/c1-6-7-26-33-29-30-36-37(34-27-22-18-14-10-8-12-16-20-24-31(2)3)35-28-23-19-15-11-9-13-17-21-25-32(4)5/h31-32H,6-30H2,1-5H3. The van der Waals surface area contributed by atoms with E-state index in [1.165, 1.54) is 103 Å². The summed E-state index contributed by atoms with van der Waals surface area (Å²) in [6, 6.07) is 0. The van der Waals surface area contributed by atoms with Crippen LogP contribution in [0.2, 0.25) is 0 Å². The van der Waals surface area contributed by atoms with Crippen molar-refractivity contribution in [2.75, 3.05) is 33.0 Å². The highest BCUT2D eigenvalue weighted by atomic mass is 31.2. The monoisotopic (exact) mass is 546 g/mol. The molecule has 0 amide bonds. The highest BCUT2D eigenvalue weighted by Gasteiger charge is 2.12. The quantitative estimate of drug-likeness (QED) is 0.0640. The molecule has 0 aliphatic heterocycles. The van der Waals surface area contributed by atoms with Gasteiger partial charge in [0.25, 0.3) is 0 Å². The lowest BCUT2D eigenvalue weighted by atomic mass is 10.0. The van der Waals surface area contributed by atoms with Crippen LogP contribution in [0.25, 0.3) is 0 Å². The van der Waals surface area contributed by atoms with Gasteiger partial charge in [-0.2, -0.15) is 0 Å². The molecule has 0 aliphatic carbocycles. The van der Waals surface area contributed by atoms with Crippen LogP contribution in [0, 0.1) is 11.8 Å². The molecule has 0 radical (unpaired) electrons. The van der Waals surface area contributed by atoms with Crippen LogP contribution in [-0.4, -0.2) is 33.0 Å². The normalized spacial score (nSPS) is 12.0. The first-order valence-electron chi connectivity index (χ1n) is 16.3. The van der Waals surface area contributed by atoms with Gasteiger partial charge in [-0.05, 0) is 31.1 Å². The molecule has 0 heterocycles. The fraction of sp³-hybridized carbons (Fsp3) is 1.00. The molecule has 0 aromatic rings. The van der Waals surface area contributed by atoms with Crippen molar-refractivity contribution >= 4 is 8.60 Å². The van der Waals surface area contributed by atoms with E-state index in [9.17, 15) is 0 Å². The third-order valence-corrected chi connectivity index (χ3v) is 7.99. The molecule has 0 unspecified atom stereocenters. The van der Waals surface area contributed by atoms with Crippen LogP contribution in [0.4, 0.5) is 0 Å². The second-order valence-electron chi connectivity index (χ2n) is 11.7. The molecule has 0 bridgehead atoms. The Bertz CT molecular complexity index is 390. The van der Waals surface area contributed by atoms with Crippen molar-refractivity contribution in [3.8, 4) is 0 Å². The van der Waals surface area contributed by atoms with E-state index in [-0.39, 0.29) is 0 Å². The molecule has 0 saturated heterocycles. The van der Waals surface area contributed by atoms with Crippen LogP contribution in [-0.2, 0) is 18.3 Å². The summed E-state index contributed by atoms with van der Waals surface area (Å²) in [5.74, 6) is 1.71. The summed E-state index contributed by atoms with van der Waals surface area (Å²) in [6.45, 7) is 15.0. The van der Waals surface area contributed by atoms with Crippen molar-refractivity contribution < 1.29 is 18.3 Å². The van der Waals surface area contributed by atoms with Crippen LogP contribution in [0.3, 0.4) is 0 Å². The van der Waals surface area contributed by atoms with Crippen molar-refractivity contribution in [2.24, 2.45) is 11.8 Å². The van der Waals surface area contributed by atoms with Crippen LogP contribution >= 0.6 is 8.60 Å². The average Bonchev–Trinajstić information content (AvgIpc) is 2.86. The smallest absolute Gasteiger partial charge is 0.332 e. The molecule has 0 fully saturated rings. The first-order valence-corrected chi connectivity index (χ1v) is 17.4. The number of rotatable bonds is 31. The van der Waals surface area contributed by atoms with Crippen LogP contribution < -0.4 is 0 Å². The first kappa shape index (κ1) is 37.3. The molecule has 0 aliphatic rings. The molecular formula is C32H67O4P. The maximum atomic E-state index is 6.02. The van der Waals surface area contributed by atoms with E-state index in [1.807, 2.05) is 0 Å². The van der Waals surface area contributed by atoms with Gasteiger partial charge in [0.2, 0.25) is 0 Å². The van der Waals surface area contributed by atoms with Gasteiger partial charge in [-0.25, -0.2) is 0 Å². The molecule has 0 rings (SSSR count). The Labute approximate surface area is 234 Å². The molecule has 4 nitrogen and oxygen atoms in total. The third-order valence-electron chi connectivity index (χ3n) is 6.81. The maximum Gasteiger partial charge on any atom is 0.332 e. The Kier molecular flexibility index (Phi) is 31.0. The van der Waals surface area contributed by atoms with Crippen molar-refractivity contribution in [1.82, 2.24) is 0 Å². The minimum atomic E-state index is -1.25. The molecule has 0 saturated carbocycles. The molecule has 224 valence electrons. The van der Waals surface area contributed by atoms with Crippen molar-refractivity contribution in [3.63, 3.8) is 0 Å². The van der Waals surface area contributed by atoms with Gasteiger partial charge in [-0.15, -0.1) is 0 Å². The second-order valence-corrected chi connectivity index (χ2v) is 12.9. The second kappa shape index (κ2) is 30.8. The molecule has 5 heteroatoms. The summed E-state index contributed by atoms with van der Waals surface area (Å²) in [4.78, 5) is 0. The van der Waals surface area contributed by atoms with Gasteiger partial charge in [0.05, 0.1) is 26.4 Å². The number of hydrogen-bond acceptors (Lipinski definition) is 4. The third kappa shape index (κ3) is 32.4. The zero-order valence-corrected chi connectivity index (χ0v) is 26.8. The molecule has 37 heavy (non-hydrogen) atoms. The minimum Gasteiger partial charge on any atom is -0.379 e. The van der Waals surface area contributed by atoms with Gasteiger partial charge in [0.15, 0.2) is 0 Å². The highest BCUT2D eigenvalue weighted by molar-refractivity contribution is 7.41. The van der Waals surface area contributed by atoms with Crippen LogP contribution in [0.15, 0.2) is 0 Å². The van der Waals surface area contributed by atoms with E-state index in [4.69, 9.17) is 18.3 Å². The first-order chi connectivity index (χ1) is 18.1. The summed E-state index contributed by atoms with van der Waals surface area (Å²) in [6.07, 6.45) is 26.2. The van der Waals surface area contributed by atoms with E-state index in [0.29, 0.717) is 13.2 Å². The Balaban J connectivity index is 3.80. The average molecular weight is 547 g/mol. The largest absolute Gasteiger partial charge is 0.379 e. The number of unbranched alkanes of at least 4 members (excludes halogenated alkanes) is 15. The predicted molar refractivity (Wildman–Crippen MR) is 163 cm³/mol. The topological polar surface area (TPSA) is 36.9 Å². The Morgan fingerprint density at radius 2 is 0.784 bits per heavy atom. The Hall–Kier alpha value is 0.270. The van der Waals surface area contributed by atoms with E-state index in [0.717, 1.165) is 57.3 Å². The Morgan fingerprint density at radius 3 is 1.19 bits per heavy atom. The van der Waals surface area contributed by atoms with E-state index >= 15 is 0 Å². The summed E-state index contributed by atoms with van der Waals surface area (Å²) >= 11 is 0. The SMILES string of the molecule is CCCCOCCOP(OCCCCCCCCCCC(C)C)OCCCCCCCCCCC(C)C. The summed E-state index contributed by atoms with van der Waals surface area (Å²) < 4.78 is 23.6. The minimum absolute atomic E-state index is 0.559. The summed E-state index contributed by atoms with van der Waals surface area (Å²) in [7, 11) is -1.25. The lowest BCUT2D eigenvalue weighted by Crippen LogP contribution is -2.06. The fourth-order valence-electron chi connectivity index (χ4n) is 4.34. The van der Waals surface area contributed by atoms with Crippen molar-refractivity contribution in [3.05, 3.63) is 0 Å². The van der Waals surface area contributed by atoms with E-state index < -0.39 is 8.60 Å². The molecule has 0 N–H and O–H groups in total. The predicted octanol–water partition coefficient (Wildman–Crippen LogP) is 11.4. The van der Waals surface area contributed by atoms with E-state index in [1.54, 1.807) is 0 Å².